The molecule has 0 unspecified atom stereocenters. The highest BCUT2D eigenvalue weighted by Gasteiger charge is 2.50. The highest BCUT2D eigenvalue weighted by molar-refractivity contribution is 7.89. The van der Waals surface area contributed by atoms with E-state index in [9.17, 15) is 13.5 Å². The van der Waals surface area contributed by atoms with E-state index < -0.39 is 10.0 Å². The lowest BCUT2D eigenvalue weighted by Gasteiger charge is -2.44. The molecule has 33 heavy (non-hydrogen) atoms. The maximum Gasteiger partial charge on any atom is 0.262 e. The number of pyridine rings is 1. The third-order valence-corrected chi connectivity index (χ3v) is 8.34. The standard InChI is InChI=1S/C24H25N5O3S/c1-27-14-23(26-16-27)33(31,32)29-11-9-19-22(15-30)28(2)21-8-7-17(12-20(21)24(19)29)5-6-18-4-3-10-25-13-18/h3-4,7-8,10,12-14,16,19,22,24,30H,9,11,15H2,1-2H3/t19-,22+,24-/m0/s1. The van der Waals surface area contributed by atoms with Crippen LogP contribution >= 0.6 is 0 Å². The number of aliphatic hydroxyl groups excluding tert-OH is 1. The number of rotatable bonds is 3. The molecule has 3 atom stereocenters. The van der Waals surface area contributed by atoms with E-state index in [-0.39, 0.29) is 29.6 Å². The molecule has 1 N–H and O–H groups in total. The highest BCUT2D eigenvalue weighted by Crippen LogP contribution is 2.50. The van der Waals surface area contributed by atoms with Crippen LogP contribution in [0.5, 0.6) is 0 Å². The van der Waals surface area contributed by atoms with E-state index in [1.165, 1.54) is 12.5 Å². The van der Waals surface area contributed by atoms with Gasteiger partial charge in [-0.1, -0.05) is 11.8 Å². The van der Waals surface area contributed by atoms with Crippen molar-refractivity contribution < 1.29 is 13.5 Å². The zero-order chi connectivity index (χ0) is 23.2. The summed E-state index contributed by atoms with van der Waals surface area (Å²) in [5.41, 5.74) is 3.42. The number of aromatic nitrogens is 3. The first kappa shape index (κ1) is 21.6. The molecule has 3 aromatic rings. The molecule has 1 aromatic carbocycles. The first-order valence-corrected chi connectivity index (χ1v) is 12.2. The monoisotopic (exact) mass is 463 g/mol. The lowest BCUT2D eigenvalue weighted by Crippen LogP contribution is -2.48. The number of fused-ring (bicyclic) bond motifs is 3. The summed E-state index contributed by atoms with van der Waals surface area (Å²) in [5.74, 6) is 6.26. The smallest absolute Gasteiger partial charge is 0.262 e. The molecule has 0 amide bonds. The quantitative estimate of drug-likeness (QED) is 0.596. The third kappa shape index (κ3) is 3.70. The molecule has 0 radical (unpaired) electrons. The number of sulfonamides is 1. The van der Waals surface area contributed by atoms with Gasteiger partial charge in [0.1, 0.15) is 0 Å². The lowest BCUT2D eigenvalue weighted by atomic mass is 9.82. The van der Waals surface area contributed by atoms with Crippen LogP contribution < -0.4 is 4.90 Å². The van der Waals surface area contributed by atoms with Gasteiger partial charge in [0.2, 0.25) is 0 Å². The van der Waals surface area contributed by atoms with E-state index in [1.54, 1.807) is 28.3 Å². The fourth-order valence-corrected chi connectivity index (χ4v) is 6.62. The van der Waals surface area contributed by atoms with E-state index >= 15 is 0 Å². The Morgan fingerprint density at radius 3 is 2.70 bits per heavy atom. The Kier molecular flexibility index (Phi) is 5.44. The van der Waals surface area contributed by atoms with Crippen LogP contribution in [0, 0.1) is 17.8 Å². The first-order chi connectivity index (χ1) is 15.9. The molecule has 2 aromatic heterocycles. The zero-order valence-electron chi connectivity index (χ0n) is 18.5. The predicted molar refractivity (Wildman–Crippen MR) is 124 cm³/mol. The van der Waals surface area contributed by atoms with Crippen LogP contribution in [0.4, 0.5) is 5.69 Å². The summed E-state index contributed by atoms with van der Waals surface area (Å²) in [6.07, 6.45) is 7.09. The highest BCUT2D eigenvalue weighted by atomic mass is 32.2. The van der Waals surface area contributed by atoms with Crippen LogP contribution in [-0.2, 0) is 17.1 Å². The molecule has 2 aliphatic heterocycles. The molecule has 1 saturated heterocycles. The van der Waals surface area contributed by atoms with E-state index in [1.807, 2.05) is 37.4 Å². The van der Waals surface area contributed by atoms with Crippen molar-refractivity contribution in [1.29, 1.82) is 0 Å². The van der Waals surface area contributed by atoms with Gasteiger partial charge in [0.05, 0.1) is 25.0 Å². The summed E-state index contributed by atoms with van der Waals surface area (Å²) >= 11 is 0. The van der Waals surface area contributed by atoms with Gasteiger partial charge < -0.3 is 14.6 Å². The van der Waals surface area contributed by atoms with Gasteiger partial charge in [0.15, 0.2) is 5.03 Å². The number of imidazole rings is 1. The predicted octanol–water partition coefficient (Wildman–Crippen LogP) is 1.78. The fourth-order valence-electron chi connectivity index (χ4n) is 4.98. The normalized spacial score (nSPS) is 22.4. The summed E-state index contributed by atoms with van der Waals surface area (Å²) in [6, 6.07) is 9.05. The maximum absolute atomic E-state index is 13.5. The minimum absolute atomic E-state index is 0.0347. The second-order valence-corrected chi connectivity index (χ2v) is 10.4. The summed E-state index contributed by atoms with van der Waals surface area (Å²) in [7, 11) is -0.0914. The summed E-state index contributed by atoms with van der Waals surface area (Å²) in [6.45, 7) is 0.334. The Morgan fingerprint density at radius 2 is 2.00 bits per heavy atom. The summed E-state index contributed by atoms with van der Waals surface area (Å²) < 4.78 is 30.2. The molecular formula is C24H25N5O3S. The van der Waals surface area contributed by atoms with Gasteiger partial charge in [0.25, 0.3) is 10.0 Å². The minimum Gasteiger partial charge on any atom is -0.394 e. The Morgan fingerprint density at radius 1 is 1.18 bits per heavy atom. The van der Waals surface area contributed by atoms with Crippen molar-refractivity contribution in [1.82, 2.24) is 18.8 Å². The molecule has 5 rings (SSSR count). The molecule has 0 aliphatic carbocycles. The van der Waals surface area contributed by atoms with Crippen LogP contribution in [0.15, 0.2) is 60.3 Å². The van der Waals surface area contributed by atoms with Crippen LogP contribution in [0.3, 0.4) is 0 Å². The van der Waals surface area contributed by atoms with Crippen molar-refractivity contribution in [3.8, 4) is 11.8 Å². The number of aliphatic hydroxyl groups is 1. The van der Waals surface area contributed by atoms with Gasteiger partial charge in [-0.15, -0.1) is 0 Å². The van der Waals surface area contributed by atoms with Gasteiger partial charge in [-0.25, -0.2) is 13.4 Å². The molecule has 0 saturated carbocycles. The van der Waals surface area contributed by atoms with Crippen molar-refractivity contribution in [2.24, 2.45) is 13.0 Å². The van der Waals surface area contributed by atoms with Crippen molar-refractivity contribution in [3.05, 3.63) is 71.9 Å². The molecule has 0 spiro atoms. The Hall–Kier alpha value is -3.19. The van der Waals surface area contributed by atoms with Gasteiger partial charge in [-0.2, -0.15) is 4.31 Å². The molecule has 9 heteroatoms. The molecule has 8 nitrogen and oxygen atoms in total. The van der Waals surface area contributed by atoms with Crippen LogP contribution in [0.2, 0.25) is 0 Å². The second kappa shape index (κ2) is 8.30. The van der Waals surface area contributed by atoms with Gasteiger partial charge in [-0.3, -0.25) is 4.98 Å². The van der Waals surface area contributed by atoms with Gasteiger partial charge in [-0.05, 0) is 42.3 Å². The lowest BCUT2D eigenvalue weighted by molar-refractivity contribution is 0.193. The number of benzene rings is 1. The molecule has 170 valence electrons. The number of likely N-dealkylation sites (N-methyl/N-ethyl adjacent to an activating group) is 1. The average molecular weight is 464 g/mol. The van der Waals surface area contributed by atoms with E-state index in [4.69, 9.17) is 0 Å². The Bertz CT molecular complexity index is 1340. The Labute approximate surface area is 193 Å². The molecule has 2 aliphatic rings. The largest absolute Gasteiger partial charge is 0.394 e. The second-order valence-electron chi connectivity index (χ2n) is 8.52. The molecule has 0 bridgehead atoms. The van der Waals surface area contributed by atoms with Crippen molar-refractivity contribution in [2.45, 2.75) is 23.5 Å². The van der Waals surface area contributed by atoms with Crippen LogP contribution in [0.1, 0.15) is 29.2 Å². The Balaban J connectivity index is 1.59. The number of nitrogens with zero attached hydrogens (tertiary/aromatic N) is 5. The van der Waals surface area contributed by atoms with E-state index in [0.29, 0.717) is 13.0 Å². The number of aryl methyl sites for hydroxylation is 1. The van der Waals surface area contributed by atoms with Crippen molar-refractivity contribution >= 4 is 15.7 Å². The molecular weight excluding hydrogens is 438 g/mol. The van der Waals surface area contributed by atoms with Gasteiger partial charge in [0, 0.05) is 62.0 Å². The topological polar surface area (TPSA) is 91.6 Å². The van der Waals surface area contributed by atoms with Crippen LogP contribution in [-0.4, -0.2) is 58.6 Å². The number of hydrogen-bond acceptors (Lipinski definition) is 6. The summed E-state index contributed by atoms with van der Waals surface area (Å²) in [4.78, 5) is 10.3. The summed E-state index contributed by atoms with van der Waals surface area (Å²) in [5, 5.41) is 10.2. The number of anilines is 1. The SMILES string of the molecule is CN1c2ccc(C#Cc3cccnc3)cc2[C@@H]2[C@@H](CCN2S(=O)(=O)c2cn(C)cn2)[C@H]1CO. The number of hydrogen-bond donors (Lipinski definition) is 1. The average Bonchev–Trinajstić information content (AvgIpc) is 3.46. The third-order valence-electron chi connectivity index (χ3n) is 6.57. The van der Waals surface area contributed by atoms with Gasteiger partial charge >= 0.3 is 0 Å². The molecule has 1 fully saturated rings. The van der Waals surface area contributed by atoms with E-state index in [0.717, 1.165) is 22.4 Å². The minimum atomic E-state index is -3.79. The fraction of sp³-hybridized carbons (Fsp3) is 0.333. The first-order valence-electron chi connectivity index (χ1n) is 10.8. The van der Waals surface area contributed by atoms with Crippen molar-refractivity contribution in [2.75, 3.05) is 25.1 Å². The van der Waals surface area contributed by atoms with Crippen molar-refractivity contribution in [3.63, 3.8) is 0 Å². The van der Waals surface area contributed by atoms with E-state index in [2.05, 4.69) is 26.7 Å². The zero-order valence-corrected chi connectivity index (χ0v) is 19.3. The maximum atomic E-state index is 13.5. The van der Waals surface area contributed by atoms with Crippen LogP contribution in [0.25, 0.3) is 0 Å². The molecule has 4 heterocycles.